The lowest BCUT2D eigenvalue weighted by Gasteiger charge is -2.11. The number of hydrogen-bond donors (Lipinski definition) is 1. The van der Waals surface area contributed by atoms with Crippen molar-refractivity contribution in [3.63, 3.8) is 0 Å². The molecule has 2 amide bonds. The highest BCUT2D eigenvalue weighted by Crippen LogP contribution is 2.36. The van der Waals surface area contributed by atoms with E-state index in [2.05, 4.69) is 0 Å². The van der Waals surface area contributed by atoms with Crippen molar-refractivity contribution < 1.29 is 19.4 Å². The number of aromatic hydroxyl groups is 1. The summed E-state index contributed by atoms with van der Waals surface area (Å²) in [5.74, 6) is 0.0159. The standard InChI is InChI=1S/C18H15NO4S/c1-2-23-15-10-12(8-9-14(15)20)11-16-17(21)19(18(22)24-16)13-6-4-3-5-7-13/h3-11,20H,2H2,1H3/b16-11-. The third-order valence-corrected chi connectivity index (χ3v) is 4.26. The molecule has 1 N–H and O–H groups in total. The van der Waals surface area contributed by atoms with E-state index >= 15 is 0 Å². The van der Waals surface area contributed by atoms with Gasteiger partial charge in [0.25, 0.3) is 11.1 Å². The average Bonchev–Trinajstić information content (AvgIpc) is 2.85. The molecule has 2 aromatic carbocycles. The second-order valence-corrected chi connectivity index (χ2v) is 6.01. The lowest BCUT2D eigenvalue weighted by atomic mass is 10.2. The summed E-state index contributed by atoms with van der Waals surface area (Å²) in [5.41, 5.74) is 1.22. The molecule has 122 valence electrons. The van der Waals surface area contributed by atoms with Gasteiger partial charge in [-0.2, -0.15) is 0 Å². The minimum absolute atomic E-state index is 0.0337. The van der Waals surface area contributed by atoms with Crippen molar-refractivity contribution in [2.45, 2.75) is 6.92 Å². The van der Waals surface area contributed by atoms with Crippen LogP contribution in [0.5, 0.6) is 11.5 Å². The Hall–Kier alpha value is -2.73. The maximum atomic E-state index is 12.5. The van der Waals surface area contributed by atoms with Crippen LogP contribution in [0.15, 0.2) is 53.4 Å². The van der Waals surface area contributed by atoms with Gasteiger partial charge in [0, 0.05) is 0 Å². The quantitative estimate of drug-likeness (QED) is 0.851. The van der Waals surface area contributed by atoms with Gasteiger partial charge in [-0.15, -0.1) is 0 Å². The fourth-order valence-electron chi connectivity index (χ4n) is 2.31. The number of imide groups is 1. The maximum absolute atomic E-state index is 12.5. The van der Waals surface area contributed by atoms with E-state index < -0.39 is 0 Å². The van der Waals surface area contributed by atoms with Crippen molar-refractivity contribution in [1.82, 2.24) is 0 Å². The van der Waals surface area contributed by atoms with Gasteiger partial charge in [0.2, 0.25) is 0 Å². The Morgan fingerprint density at radius 3 is 2.62 bits per heavy atom. The van der Waals surface area contributed by atoms with Crippen molar-refractivity contribution in [2.75, 3.05) is 11.5 Å². The van der Waals surface area contributed by atoms with Crippen molar-refractivity contribution in [3.8, 4) is 11.5 Å². The zero-order chi connectivity index (χ0) is 17.1. The number of phenols is 1. The molecule has 0 unspecified atom stereocenters. The molecule has 0 aliphatic carbocycles. The molecule has 0 spiro atoms. The Morgan fingerprint density at radius 2 is 1.92 bits per heavy atom. The molecule has 1 aliphatic rings. The number of anilines is 1. The summed E-state index contributed by atoms with van der Waals surface area (Å²) in [7, 11) is 0. The minimum atomic E-state index is -0.359. The van der Waals surface area contributed by atoms with Gasteiger partial charge in [0.05, 0.1) is 17.2 Å². The molecule has 1 fully saturated rings. The summed E-state index contributed by atoms with van der Waals surface area (Å²) in [5, 5.41) is 9.40. The van der Waals surface area contributed by atoms with Crippen molar-refractivity contribution >= 4 is 34.7 Å². The third-order valence-electron chi connectivity index (χ3n) is 3.39. The second-order valence-electron chi connectivity index (χ2n) is 5.01. The maximum Gasteiger partial charge on any atom is 0.298 e. The van der Waals surface area contributed by atoms with Gasteiger partial charge in [0.1, 0.15) is 0 Å². The Morgan fingerprint density at radius 1 is 1.17 bits per heavy atom. The number of benzene rings is 2. The van der Waals surface area contributed by atoms with Gasteiger partial charge in [-0.25, -0.2) is 4.90 Å². The molecule has 3 rings (SSSR count). The van der Waals surface area contributed by atoms with E-state index in [0.717, 1.165) is 16.7 Å². The van der Waals surface area contributed by atoms with Crippen LogP contribution >= 0.6 is 11.8 Å². The smallest absolute Gasteiger partial charge is 0.298 e. The average molecular weight is 341 g/mol. The first kappa shape index (κ1) is 16.1. The van der Waals surface area contributed by atoms with Crippen LogP contribution in [0.1, 0.15) is 12.5 Å². The van der Waals surface area contributed by atoms with Gasteiger partial charge in [-0.3, -0.25) is 9.59 Å². The van der Waals surface area contributed by atoms with E-state index in [1.165, 1.54) is 6.07 Å². The molecule has 5 nitrogen and oxygen atoms in total. The molecule has 0 aromatic heterocycles. The van der Waals surface area contributed by atoms with E-state index in [1.54, 1.807) is 42.5 Å². The molecule has 0 atom stereocenters. The third kappa shape index (κ3) is 3.14. The van der Waals surface area contributed by atoms with E-state index in [0.29, 0.717) is 28.5 Å². The molecular weight excluding hydrogens is 326 g/mol. The largest absolute Gasteiger partial charge is 0.504 e. The van der Waals surface area contributed by atoms with E-state index in [-0.39, 0.29) is 16.9 Å². The highest BCUT2D eigenvalue weighted by molar-refractivity contribution is 8.19. The number of carbonyl (C=O) groups excluding carboxylic acids is 2. The number of rotatable bonds is 4. The molecule has 2 aromatic rings. The Kier molecular flexibility index (Phi) is 4.57. The first-order valence-corrected chi connectivity index (χ1v) is 8.20. The summed E-state index contributed by atoms with van der Waals surface area (Å²) in [6, 6.07) is 13.6. The number of nitrogens with zero attached hydrogens (tertiary/aromatic N) is 1. The van der Waals surface area contributed by atoms with Crippen LogP contribution in [0, 0.1) is 0 Å². The van der Waals surface area contributed by atoms with Crippen LogP contribution in [-0.2, 0) is 4.79 Å². The fraction of sp³-hybridized carbons (Fsp3) is 0.111. The first-order chi connectivity index (χ1) is 11.6. The number of para-hydroxylation sites is 1. The minimum Gasteiger partial charge on any atom is -0.504 e. The number of carbonyl (C=O) groups is 2. The molecular formula is C18H15NO4S. The Bertz CT molecular complexity index is 817. The van der Waals surface area contributed by atoms with Crippen LogP contribution in [0.2, 0.25) is 0 Å². The molecule has 0 radical (unpaired) electrons. The second kappa shape index (κ2) is 6.80. The molecule has 1 aliphatic heterocycles. The SMILES string of the molecule is CCOc1cc(/C=C2\SC(=O)N(c3ccccc3)C2=O)ccc1O. The van der Waals surface area contributed by atoms with Crippen LogP contribution in [-0.4, -0.2) is 22.9 Å². The van der Waals surface area contributed by atoms with Crippen LogP contribution in [0.3, 0.4) is 0 Å². The molecule has 1 saturated heterocycles. The van der Waals surface area contributed by atoms with E-state index in [9.17, 15) is 14.7 Å². The topological polar surface area (TPSA) is 66.8 Å². The van der Waals surface area contributed by atoms with Gasteiger partial charge >= 0.3 is 0 Å². The monoisotopic (exact) mass is 341 g/mol. The Balaban J connectivity index is 1.91. The number of thioether (sulfide) groups is 1. The number of amides is 2. The van der Waals surface area contributed by atoms with E-state index in [1.807, 2.05) is 13.0 Å². The predicted octanol–water partition coefficient (Wildman–Crippen LogP) is 4.03. The van der Waals surface area contributed by atoms with Crippen molar-refractivity contribution in [1.29, 1.82) is 0 Å². The number of phenolic OH excluding ortho intramolecular Hbond substituents is 1. The van der Waals surface area contributed by atoms with Crippen molar-refractivity contribution in [2.24, 2.45) is 0 Å². The van der Waals surface area contributed by atoms with Gasteiger partial charge in [-0.05, 0) is 54.6 Å². The highest BCUT2D eigenvalue weighted by atomic mass is 32.2. The fourth-order valence-corrected chi connectivity index (χ4v) is 3.15. The molecule has 6 heteroatoms. The van der Waals surface area contributed by atoms with Crippen LogP contribution in [0.4, 0.5) is 10.5 Å². The van der Waals surface area contributed by atoms with E-state index in [4.69, 9.17) is 4.74 Å². The predicted molar refractivity (Wildman–Crippen MR) is 94.2 cm³/mol. The summed E-state index contributed by atoms with van der Waals surface area (Å²) in [4.78, 5) is 26.2. The summed E-state index contributed by atoms with van der Waals surface area (Å²) < 4.78 is 5.33. The molecule has 0 saturated carbocycles. The summed E-state index contributed by atoms with van der Waals surface area (Å²) in [6.45, 7) is 2.23. The number of hydrogen-bond acceptors (Lipinski definition) is 5. The number of ether oxygens (including phenoxy) is 1. The van der Waals surface area contributed by atoms with Crippen LogP contribution in [0.25, 0.3) is 6.08 Å². The lowest BCUT2D eigenvalue weighted by molar-refractivity contribution is -0.113. The lowest BCUT2D eigenvalue weighted by Crippen LogP contribution is -2.27. The van der Waals surface area contributed by atoms with Gasteiger partial charge in [0.15, 0.2) is 11.5 Å². The molecule has 24 heavy (non-hydrogen) atoms. The first-order valence-electron chi connectivity index (χ1n) is 7.39. The molecule has 0 bridgehead atoms. The van der Waals surface area contributed by atoms with Crippen LogP contribution < -0.4 is 9.64 Å². The van der Waals surface area contributed by atoms with Crippen molar-refractivity contribution in [3.05, 3.63) is 59.0 Å². The zero-order valence-electron chi connectivity index (χ0n) is 12.9. The molecule has 1 heterocycles. The summed E-state index contributed by atoms with van der Waals surface area (Å²) in [6.07, 6.45) is 1.62. The summed E-state index contributed by atoms with van der Waals surface area (Å²) >= 11 is 0.890. The highest BCUT2D eigenvalue weighted by Gasteiger charge is 2.36. The Labute approximate surface area is 143 Å². The van der Waals surface area contributed by atoms with Gasteiger partial charge in [-0.1, -0.05) is 24.3 Å². The zero-order valence-corrected chi connectivity index (χ0v) is 13.7. The normalized spacial score (nSPS) is 16.0. The van der Waals surface area contributed by atoms with Gasteiger partial charge < -0.3 is 9.84 Å².